The Bertz CT molecular complexity index is 541. The minimum Gasteiger partial charge on any atom is -0.309 e. The number of unbranched alkanes of at least 4 members (excludes halogenated alkanes) is 1. The first-order valence-electron chi connectivity index (χ1n) is 7.81. The third-order valence-electron chi connectivity index (χ3n) is 3.93. The Labute approximate surface area is 127 Å². The highest BCUT2D eigenvalue weighted by atomic mass is 32.1. The van der Waals surface area contributed by atoms with Crippen LogP contribution in [0.15, 0.2) is 24.3 Å². The lowest BCUT2D eigenvalue weighted by Crippen LogP contribution is -2.19. The molecule has 1 aromatic carbocycles. The summed E-state index contributed by atoms with van der Waals surface area (Å²) < 4.78 is 1.41. The van der Waals surface area contributed by atoms with Gasteiger partial charge in [0.05, 0.1) is 0 Å². The van der Waals surface area contributed by atoms with Crippen LogP contribution in [-0.4, -0.2) is 6.54 Å². The van der Waals surface area contributed by atoms with E-state index in [0.29, 0.717) is 6.04 Å². The second-order valence-corrected chi connectivity index (χ2v) is 7.24. The van der Waals surface area contributed by atoms with E-state index < -0.39 is 0 Å². The Kier molecular flexibility index (Phi) is 5.62. The summed E-state index contributed by atoms with van der Waals surface area (Å²) in [5.74, 6) is 0.831. The summed E-state index contributed by atoms with van der Waals surface area (Å²) in [6, 6.07) is 9.19. The van der Waals surface area contributed by atoms with Crippen molar-refractivity contribution in [2.45, 2.75) is 53.0 Å². The second-order valence-electron chi connectivity index (χ2n) is 6.15. The molecule has 0 saturated carbocycles. The van der Waals surface area contributed by atoms with Crippen LogP contribution in [0.2, 0.25) is 0 Å². The summed E-state index contributed by atoms with van der Waals surface area (Å²) in [6.45, 7) is 10.3. The van der Waals surface area contributed by atoms with Crippen LogP contribution in [0.3, 0.4) is 0 Å². The van der Waals surface area contributed by atoms with Gasteiger partial charge in [-0.25, -0.2) is 0 Å². The molecule has 20 heavy (non-hydrogen) atoms. The van der Waals surface area contributed by atoms with E-state index in [9.17, 15) is 0 Å². The average Bonchev–Trinajstić information content (AvgIpc) is 2.76. The number of thiophene rings is 1. The van der Waals surface area contributed by atoms with Gasteiger partial charge in [-0.15, -0.1) is 11.3 Å². The van der Waals surface area contributed by atoms with E-state index in [1.54, 1.807) is 0 Å². The van der Waals surface area contributed by atoms with Gasteiger partial charge in [0.15, 0.2) is 0 Å². The van der Waals surface area contributed by atoms with Crippen molar-refractivity contribution in [2.24, 2.45) is 5.92 Å². The molecule has 0 radical (unpaired) electrons. The molecule has 2 aromatic rings. The van der Waals surface area contributed by atoms with Crippen molar-refractivity contribution in [2.75, 3.05) is 6.54 Å². The highest BCUT2D eigenvalue weighted by Gasteiger charge is 2.13. The van der Waals surface area contributed by atoms with Gasteiger partial charge in [0.1, 0.15) is 0 Å². The molecule has 0 fully saturated rings. The van der Waals surface area contributed by atoms with E-state index in [4.69, 9.17) is 0 Å². The largest absolute Gasteiger partial charge is 0.309 e. The minimum atomic E-state index is 0.464. The van der Waals surface area contributed by atoms with Crippen molar-refractivity contribution < 1.29 is 0 Å². The van der Waals surface area contributed by atoms with Gasteiger partial charge in [0, 0.05) is 15.6 Å². The van der Waals surface area contributed by atoms with Crippen molar-refractivity contribution in [1.82, 2.24) is 5.32 Å². The quantitative estimate of drug-likeness (QED) is 0.646. The van der Waals surface area contributed by atoms with Crippen LogP contribution in [0.4, 0.5) is 0 Å². The average molecular weight is 289 g/mol. The fraction of sp³-hybridized carbons (Fsp3) is 0.556. The molecule has 1 aromatic heterocycles. The van der Waals surface area contributed by atoms with E-state index in [1.807, 2.05) is 11.3 Å². The molecule has 0 aliphatic heterocycles. The van der Waals surface area contributed by atoms with Crippen molar-refractivity contribution >= 4 is 21.4 Å². The lowest BCUT2D eigenvalue weighted by atomic mass is 10.1. The summed E-state index contributed by atoms with van der Waals surface area (Å²) >= 11 is 1.94. The van der Waals surface area contributed by atoms with E-state index in [0.717, 1.165) is 12.5 Å². The van der Waals surface area contributed by atoms with Gasteiger partial charge in [0.2, 0.25) is 0 Å². The number of rotatable bonds is 7. The first-order valence-corrected chi connectivity index (χ1v) is 8.62. The third-order valence-corrected chi connectivity index (χ3v) is 5.39. The Balaban J connectivity index is 1.91. The zero-order chi connectivity index (χ0) is 14.5. The van der Waals surface area contributed by atoms with Crippen LogP contribution in [0.1, 0.15) is 56.5 Å². The summed E-state index contributed by atoms with van der Waals surface area (Å²) in [4.78, 5) is 1.50. The molecule has 1 unspecified atom stereocenters. The van der Waals surface area contributed by atoms with Gasteiger partial charge in [-0.05, 0) is 49.7 Å². The summed E-state index contributed by atoms with van der Waals surface area (Å²) in [5, 5.41) is 5.10. The molecule has 0 spiro atoms. The Morgan fingerprint density at radius 1 is 1.10 bits per heavy atom. The third kappa shape index (κ3) is 3.83. The molecule has 2 heteroatoms. The maximum atomic E-state index is 3.68. The van der Waals surface area contributed by atoms with Gasteiger partial charge in [0.25, 0.3) is 0 Å². The van der Waals surface area contributed by atoms with Crippen LogP contribution in [0, 0.1) is 12.8 Å². The molecule has 1 N–H and O–H groups in total. The first-order chi connectivity index (χ1) is 9.59. The zero-order valence-corrected chi connectivity index (χ0v) is 14.0. The number of fused-ring (bicyclic) bond motifs is 1. The normalized spacial score (nSPS) is 13.2. The molecule has 0 amide bonds. The lowest BCUT2D eigenvalue weighted by Gasteiger charge is -2.13. The number of hydrogen-bond donors (Lipinski definition) is 1. The molecule has 0 bridgehead atoms. The Morgan fingerprint density at radius 3 is 2.55 bits per heavy atom. The number of hydrogen-bond acceptors (Lipinski definition) is 2. The van der Waals surface area contributed by atoms with E-state index in [2.05, 4.69) is 57.3 Å². The number of nitrogens with one attached hydrogen (secondary N) is 1. The minimum absolute atomic E-state index is 0.464. The maximum Gasteiger partial charge on any atom is 0.0389 e. The molecule has 0 aliphatic rings. The van der Waals surface area contributed by atoms with Crippen LogP contribution in [-0.2, 0) is 0 Å². The zero-order valence-electron chi connectivity index (χ0n) is 13.2. The molecular formula is C18H27NS. The van der Waals surface area contributed by atoms with Crippen molar-refractivity contribution in [3.63, 3.8) is 0 Å². The topological polar surface area (TPSA) is 12.0 Å². The fourth-order valence-corrected chi connectivity index (χ4v) is 3.93. The van der Waals surface area contributed by atoms with E-state index in [-0.39, 0.29) is 0 Å². The van der Waals surface area contributed by atoms with Gasteiger partial charge in [-0.3, -0.25) is 0 Å². The summed E-state index contributed by atoms with van der Waals surface area (Å²) in [5.41, 5.74) is 1.45. The van der Waals surface area contributed by atoms with Crippen molar-refractivity contribution in [3.05, 3.63) is 34.7 Å². The summed E-state index contributed by atoms with van der Waals surface area (Å²) in [6.07, 6.45) is 3.97. The fourth-order valence-electron chi connectivity index (χ4n) is 2.70. The summed E-state index contributed by atoms with van der Waals surface area (Å²) in [7, 11) is 0. The maximum absolute atomic E-state index is 3.68. The number of aryl methyl sites for hydroxylation is 1. The SMILES string of the molecule is Cc1c(C(C)NCCCCC(C)C)sc2ccccc12. The molecule has 2 rings (SSSR count). The van der Waals surface area contributed by atoms with Crippen molar-refractivity contribution in [3.8, 4) is 0 Å². The van der Waals surface area contributed by atoms with Gasteiger partial charge in [-0.2, -0.15) is 0 Å². The van der Waals surface area contributed by atoms with Crippen LogP contribution < -0.4 is 5.32 Å². The van der Waals surface area contributed by atoms with Gasteiger partial charge < -0.3 is 5.32 Å². The molecule has 1 heterocycles. The van der Waals surface area contributed by atoms with Crippen LogP contribution in [0.5, 0.6) is 0 Å². The highest BCUT2D eigenvalue weighted by Crippen LogP contribution is 2.34. The van der Waals surface area contributed by atoms with Gasteiger partial charge >= 0.3 is 0 Å². The molecular weight excluding hydrogens is 262 g/mol. The molecule has 0 saturated heterocycles. The standard InChI is InChI=1S/C18H27NS/c1-13(2)9-7-8-12-19-15(4)18-14(3)16-10-5-6-11-17(16)20-18/h5-6,10-11,13,15,19H,7-9,12H2,1-4H3. The highest BCUT2D eigenvalue weighted by molar-refractivity contribution is 7.19. The number of benzene rings is 1. The van der Waals surface area contributed by atoms with Crippen molar-refractivity contribution in [1.29, 1.82) is 0 Å². The second kappa shape index (κ2) is 7.24. The van der Waals surface area contributed by atoms with E-state index >= 15 is 0 Å². The smallest absolute Gasteiger partial charge is 0.0389 e. The molecule has 1 nitrogen and oxygen atoms in total. The molecule has 110 valence electrons. The molecule has 1 atom stereocenters. The monoisotopic (exact) mass is 289 g/mol. The Hall–Kier alpha value is -0.860. The predicted molar refractivity (Wildman–Crippen MR) is 91.7 cm³/mol. The Morgan fingerprint density at radius 2 is 1.85 bits per heavy atom. The first kappa shape index (κ1) is 15.5. The molecule has 0 aliphatic carbocycles. The van der Waals surface area contributed by atoms with Crippen LogP contribution >= 0.6 is 11.3 Å². The predicted octanol–water partition coefficient (Wildman–Crippen LogP) is 5.69. The van der Waals surface area contributed by atoms with Gasteiger partial charge in [-0.1, -0.05) is 44.9 Å². The van der Waals surface area contributed by atoms with E-state index in [1.165, 1.54) is 39.8 Å². The lowest BCUT2D eigenvalue weighted by molar-refractivity contribution is 0.500. The van der Waals surface area contributed by atoms with Crippen LogP contribution in [0.25, 0.3) is 10.1 Å².